The van der Waals surface area contributed by atoms with Gasteiger partial charge in [-0.3, -0.25) is 0 Å². The summed E-state index contributed by atoms with van der Waals surface area (Å²) in [6, 6.07) is 0. The summed E-state index contributed by atoms with van der Waals surface area (Å²) in [4.78, 5) is 14.0. The monoisotopic (exact) mass is 267 g/mol. The van der Waals surface area contributed by atoms with Gasteiger partial charge < -0.3 is 9.52 Å². The van der Waals surface area contributed by atoms with Gasteiger partial charge in [0.15, 0.2) is 11.6 Å². The van der Waals surface area contributed by atoms with Crippen molar-refractivity contribution in [2.24, 2.45) is 0 Å². The predicted octanol–water partition coefficient (Wildman–Crippen LogP) is 1.35. The zero-order valence-electron chi connectivity index (χ0n) is 5.58. The van der Waals surface area contributed by atoms with Crippen molar-refractivity contribution in [1.82, 2.24) is 4.98 Å². The summed E-state index contributed by atoms with van der Waals surface area (Å²) in [5, 5.41) is 8.44. The highest BCUT2D eigenvalue weighted by Crippen LogP contribution is 2.03. The second kappa shape index (κ2) is 3.70. The van der Waals surface area contributed by atoms with Crippen LogP contribution >= 0.6 is 22.6 Å². The van der Waals surface area contributed by atoms with Crippen LogP contribution < -0.4 is 0 Å². The molecule has 0 spiro atoms. The summed E-state index contributed by atoms with van der Waals surface area (Å²) >= 11 is 2.17. The van der Waals surface area contributed by atoms with Crippen LogP contribution in [0.15, 0.2) is 10.7 Å². The molecule has 0 saturated heterocycles. The van der Waals surface area contributed by atoms with Crippen molar-refractivity contribution in [1.29, 1.82) is 0 Å². The molecule has 1 N–H and O–H groups in total. The fraction of sp³-hybridized carbons (Fsp3) is 0.333. The number of alkyl halides is 1. The van der Waals surface area contributed by atoms with E-state index in [0.29, 0.717) is 12.3 Å². The number of hydrogen-bond donors (Lipinski definition) is 1. The molecule has 11 heavy (non-hydrogen) atoms. The van der Waals surface area contributed by atoms with Crippen LogP contribution in [0, 0.1) is 0 Å². The Balaban J connectivity index is 2.73. The number of carbonyl (C=O) groups is 1. The summed E-state index contributed by atoms with van der Waals surface area (Å²) in [5.41, 5.74) is -0.0233. The van der Waals surface area contributed by atoms with Gasteiger partial charge in [0, 0.05) is 10.8 Å². The van der Waals surface area contributed by atoms with Crippen molar-refractivity contribution in [2.75, 3.05) is 4.43 Å². The average Bonchev–Trinajstić information content (AvgIpc) is 2.37. The second-order valence-electron chi connectivity index (χ2n) is 1.87. The molecule has 4 nitrogen and oxygen atoms in total. The topological polar surface area (TPSA) is 63.3 Å². The Bertz CT molecular complexity index is 258. The second-order valence-corrected chi connectivity index (χ2v) is 2.95. The molecule has 0 atom stereocenters. The first-order chi connectivity index (χ1) is 5.24. The van der Waals surface area contributed by atoms with Crippen LogP contribution in [-0.2, 0) is 6.42 Å². The lowest BCUT2D eigenvalue weighted by Crippen LogP contribution is -1.96. The highest BCUT2D eigenvalue weighted by atomic mass is 127. The van der Waals surface area contributed by atoms with Crippen LogP contribution in [0.25, 0.3) is 0 Å². The van der Waals surface area contributed by atoms with Crippen LogP contribution in [0.3, 0.4) is 0 Å². The number of hydrogen-bond acceptors (Lipinski definition) is 3. The minimum Gasteiger partial charge on any atom is -0.476 e. The van der Waals surface area contributed by atoms with Gasteiger partial charge in [-0.05, 0) is 0 Å². The predicted molar refractivity (Wildman–Crippen MR) is 46.1 cm³/mol. The zero-order valence-corrected chi connectivity index (χ0v) is 7.74. The molecule has 0 saturated carbocycles. The molecule has 1 rings (SSSR count). The van der Waals surface area contributed by atoms with Crippen molar-refractivity contribution >= 4 is 28.6 Å². The summed E-state index contributed by atoms with van der Waals surface area (Å²) < 4.78 is 5.74. The SMILES string of the molecule is O=C(O)c1coc(CCI)n1. The third kappa shape index (κ3) is 2.18. The largest absolute Gasteiger partial charge is 0.476 e. The van der Waals surface area contributed by atoms with Crippen molar-refractivity contribution in [3.8, 4) is 0 Å². The van der Waals surface area contributed by atoms with Crippen LogP contribution in [0.5, 0.6) is 0 Å². The summed E-state index contributed by atoms with van der Waals surface area (Å²) in [6.07, 6.45) is 1.83. The Morgan fingerprint density at radius 1 is 1.82 bits per heavy atom. The average molecular weight is 267 g/mol. The number of aryl methyl sites for hydroxylation is 1. The summed E-state index contributed by atoms with van der Waals surface area (Å²) in [6.45, 7) is 0. The molecule has 0 bridgehead atoms. The molecule has 60 valence electrons. The number of aromatic carboxylic acids is 1. The molecule has 0 aliphatic heterocycles. The molecule has 5 heteroatoms. The van der Waals surface area contributed by atoms with E-state index < -0.39 is 5.97 Å². The van der Waals surface area contributed by atoms with E-state index in [2.05, 4.69) is 27.6 Å². The van der Waals surface area contributed by atoms with Crippen molar-refractivity contribution in [2.45, 2.75) is 6.42 Å². The van der Waals surface area contributed by atoms with Gasteiger partial charge in [-0.1, -0.05) is 22.6 Å². The summed E-state index contributed by atoms with van der Waals surface area (Å²) in [7, 11) is 0. The first-order valence-corrected chi connectivity index (χ1v) is 4.50. The Morgan fingerprint density at radius 3 is 3.00 bits per heavy atom. The number of rotatable bonds is 3. The van der Waals surface area contributed by atoms with Crippen LogP contribution in [0.4, 0.5) is 0 Å². The van der Waals surface area contributed by atoms with Gasteiger partial charge in [0.25, 0.3) is 0 Å². The molecule has 1 aromatic heterocycles. The lowest BCUT2D eigenvalue weighted by Gasteiger charge is -1.84. The third-order valence-electron chi connectivity index (χ3n) is 1.08. The van der Waals surface area contributed by atoms with Crippen LogP contribution in [0.1, 0.15) is 16.4 Å². The molecule has 0 fully saturated rings. The lowest BCUT2D eigenvalue weighted by atomic mass is 10.5. The number of halogens is 1. The molecule has 0 aromatic carbocycles. The highest BCUT2D eigenvalue weighted by Gasteiger charge is 2.08. The molecule has 0 amide bonds. The molecule has 0 aliphatic carbocycles. The van der Waals surface area contributed by atoms with Crippen molar-refractivity contribution < 1.29 is 14.3 Å². The molecule has 1 aromatic rings. The maximum Gasteiger partial charge on any atom is 0.357 e. The molecule has 0 unspecified atom stereocenters. The van der Waals surface area contributed by atoms with E-state index in [1.165, 1.54) is 0 Å². The Morgan fingerprint density at radius 2 is 2.55 bits per heavy atom. The fourth-order valence-corrected chi connectivity index (χ4v) is 1.07. The number of aromatic nitrogens is 1. The maximum atomic E-state index is 10.3. The lowest BCUT2D eigenvalue weighted by molar-refractivity contribution is 0.0690. The van der Waals surface area contributed by atoms with E-state index in [-0.39, 0.29) is 5.69 Å². The first-order valence-electron chi connectivity index (χ1n) is 2.97. The van der Waals surface area contributed by atoms with E-state index in [1.54, 1.807) is 0 Å². The van der Waals surface area contributed by atoms with E-state index >= 15 is 0 Å². The Kier molecular flexibility index (Phi) is 2.86. The fourth-order valence-electron chi connectivity index (χ4n) is 0.605. The molecule has 0 radical (unpaired) electrons. The zero-order chi connectivity index (χ0) is 8.27. The van der Waals surface area contributed by atoms with Gasteiger partial charge in [-0.2, -0.15) is 0 Å². The van der Waals surface area contributed by atoms with Gasteiger partial charge in [-0.15, -0.1) is 0 Å². The standard InChI is InChI=1S/C6H6INO3/c7-2-1-5-8-4(3-11-5)6(9)10/h3H,1-2H2,(H,9,10). The van der Waals surface area contributed by atoms with Crippen molar-refractivity contribution in [3.63, 3.8) is 0 Å². The highest BCUT2D eigenvalue weighted by molar-refractivity contribution is 14.1. The molecule has 1 heterocycles. The number of carboxylic acids is 1. The Labute approximate surface area is 76.8 Å². The molecular weight excluding hydrogens is 261 g/mol. The van der Waals surface area contributed by atoms with E-state index in [1.807, 2.05) is 0 Å². The summed E-state index contributed by atoms with van der Waals surface area (Å²) in [5.74, 6) is -0.565. The van der Waals surface area contributed by atoms with Gasteiger partial charge in [0.1, 0.15) is 6.26 Å². The Hall–Kier alpha value is -0.590. The molecule has 0 aliphatic rings. The van der Waals surface area contributed by atoms with Gasteiger partial charge >= 0.3 is 5.97 Å². The quantitative estimate of drug-likeness (QED) is 0.663. The minimum atomic E-state index is -1.05. The first kappa shape index (κ1) is 8.51. The smallest absolute Gasteiger partial charge is 0.357 e. The number of nitrogens with zero attached hydrogens (tertiary/aromatic N) is 1. The van der Waals surface area contributed by atoms with E-state index in [0.717, 1.165) is 10.7 Å². The number of oxazole rings is 1. The third-order valence-corrected chi connectivity index (χ3v) is 1.62. The van der Waals surface area contributed by atoms with Crippen LogP contribution in [0.2, 0.25) is 0 Å². The molecular formula is C6H6INO3. The maximum absolute atomic E-state index is 10.3. The van der Waals surface area contributed by atoms with Gasteiger partial charge in [-0.25, -0.2) is 9.78 Å². The van der Waals surface area contributed by atoms with E-state index in [4.69, 9.17) is 9.52 Å². The minimum absolute atomic E-state index is 0.0233. The van der Waals surface area contributed by atoms with Crippen molar-refractivity contribution in [3.05, 3.63) is 17.8 Å². The number of carboxylic acid groups (broad SMARTS) is 1. The van der Waals surface area contributed by atoms with E-state index in [9.17, 15) is 4.79 Å². The van der Waals surface area contributed by atoms with Crippen LogP contribution in [-0.4, -0.2) is 20.5 Å². The normalized spacial score (nSPS) is 9.91. The van der Waals surface area contributed by atoms with Gasteiger partial charge in [0.05, 0.1) is 0 Å². The van der Waals surface area contributed by atoms with Gasteiger partial charge in [0.2, 0.25) is 0 Å².